The van der Waals surface area contributed by atoms with Gasteiger partial charge in [0.15, 0.2) is 17.2 Å². The zero-order chi connectivity index (χ0) is 22.7. The van der Waals surface area contributed by atoms with E-state index in [9.17, 15) is 4.79 Å². The molecule has 1 aromatic carbocycles. The Morgan fingerprint density at radius 2 is 2.00 bits per heavy atom. The average molecular weight is 442 g/mol. The lowest BCUT2D eigenvalue weighted by atomic mass is 9.70. The Morgan fingerprint density at radius 3 is 2.79 bits per heavy atom. The van der Waals surface area contributed by atoms with Crippen molar-refractivity contribution in [3.8, 4) is 23.2 Å². The highest BCUT2D eigenvalue weighted by atomic mass is 16.5. The summed E-state index contributed by atoms with van der Waals surface area (Å²) in [5, 5.41) is 4.54. The summed E-state index contributed by atoms with van der Waals surface area (Å²) in [5.74, 6) is 2.40. The topological polar surface area (TPSA) is 91.8 Å². The third-order valence-electron chi connectivity index (χ3n) is 6.25. The van der Waals surface area contributed by atoms with Gasteiger partial charge >= 0.3 is 0 Å². The van der Waals surface area contributed by atoms with Gasteiger partial charge in [-0.05, 0) is 23.6 Å². The van der Waals surface area contributed by atoms with Gasteiger partial charge in [-0.3, -0.25) is 4.79 Å². The van der Waals surface area contributed by atoms with Gasteiger partial charge in [0.1, 0.15) is 17.8 Å². The van der Waals surface area contributed by atoms with Crippen molar-refractivity contribution in [3.05, 3.63) is 71.4 Å². The quantitative estimate of drug-likeness (QED) is 0.459. The van der Waals surface area contributed by atoms with Gasteiger partial charge < -0.3 is 13.9 Å². The Kier molecular flexibility index (Phi) is 4.20. The van der Waals surface area contributed by atoms with Crippen molar-refractivity contribution in [2.75, 3.05) is 7.11 Å². The van der Waals surface area contributed by atoms with Crippen LogP contribution in [-0.2, 0) is 4.79 Å². The Hall–Kier alpha value is -3.94. The Bertz CT molecular complexity index is 1430. The van der Waals surface area contributed by atoms with Gasteiger partial charge in [0.05, 0.1) is 24.9 Å². The van der Waals surface area contributed by atoms with E-state index in [2.05, 4.69) is 23.9 Å². The Balaban J connectivity index is 1.64. The molecule has 166 valence electrons. The third-order valence-corrected chi connectivity index (χ3v) is 6.25. The van der Waals surface area contributed by atoms with Gasteiger partial charge in [-0.15, -0.1) is 5.10 Å². The first-order valence-electron chi connectivity index (χ1n) is 10.8. The number of fused-ring (bicyclic) bond motifs is 3. The van der Waals surface area contributed by atoms with Crippen LogP contribution in [0.25, 0.3) is 17.2 Å². The van der Waals surface area contributed by atoms with Crippen molar-refractivity contribution in [2.24, 2.45) is 5.41 Å². The molecule has 0 N–H and O–H groups in total. The third kappa shape index (κ3) is 3.05. The minimum Gasteiger partial charge on any atom is -0.496 e. The minimum absolute atomic E-state index is 0.0654. The molecular formula is C25H22N4O4. The summed E-state index contributed by atoms with van der Waals surface area (Å²) >= 11 is 0. The smallest absolute Gasteiger partial charge is 0.228 e. The largest absolute Gasteiger partial charge is 0.496 e. The molecule has 0 bridgehead atoms. The molecule has 8 nitrogen and oxygen atoms in total. The van der Waals surface area contributed by atoms with Gasteiger partial charge in [0, 0.05) is 24.0 Å². The van der Waals surface area contributed by atoms with Crippen LogP contribution in [-0.4, -0.2) is 32.5 Å². The summed E-state index contributed by atoms with van der Waals surface area (Å²) < 4.78 is 19.1. The van der Waals surface area contributed by atoms with E-state index in [1.165, 1.54) is 0 Å². The predicted octanol–water partition coefficient (Wildman–Crippen LogP) is 4.56. The predicted molar refractivity (Wildman–Crippen MR) is 119 cm³/mol. The number of hydrogen-bond donors (Lipinski definition) is 0. The molecule has 3 aromatic heterocycles. The molecule has 2 aliphatic rings. The summed E-state index contributed by atoms with van der Waals surface area (Å²) in [6.45, 7) is 4.16. The molecule has 4 heterocycles. The van der Waals surface area contributed by atoms with E-state index in [1.54, 1.807) is 36.3 Å². The maximum Gasteiger partial charge on any atom is 0.228 e. The zero-order valence-electron chi connectivity index (χ0n) is 18.5. The van der Waals surface area contributed by atoms with Crippen LogP contribution in [0.4, 0.5) is 0 Å². The van der Waals surface area contributed by atoms with E-state index < -0.39 is 5.92 Å². The monoisotopic (exact) mass is 442 g/mol. The average Bonchev–Trinajstić information content (AvgIpc) is 3.46. The van der Waals surface area contributed by atoms with E-state index in [0.29, 0.717) is 58.6 Å². The number of nitrogens with zero attached hydrogens (tertiary/aromatic N) is 4. The highest BCUT2D eigenvalue weighted by molar-refractivity contribution is 6.00. The van der Waals surface area contributed by atoms with Crippen LogP contribution in [0, 0.1) is 5.41 Å². The second-order valence-corrected chi connectivity index (χ2v) is 9.20. The van der Waals surface area contributed by atoms with E-state index in [1.807, 2.05) is 24.3 Å². The first-order valence-corrected chi connectivity index (χ1v) is 10.8. The fraction of sp³-hybridized carbons (Fsp3) is 0.280. The molecule has 0 fully saturated rings. The van der Waals surface area contributed by atoms with Crippen molar-refractivity contribution in [1.29, 1.82) is 0 Å². The van der Waals surface area contributed by atoms with Gasteiger partial charge in [-0.25, -0.2) is 14.5 Å². The minimum atomic E-state index is -0.437. The molecule has 0 amide bonds. The van der Waals surface area contributed by atoms with Crippen LogP contribution in [0.1, 0.15) is 43.7 Å². The number of allylic oxidation sites excluding steroid dienone is 2. The van der Waals surface area contributed by atoms with Gasteiger partial charge in [-0.1, -0.05) is 32.0 Å². The summed E-state index contributed by atoms with van der Waals surface area (Å²) in [5.41, 5.74) is 2.57. The summed E-state index contributed by atoms with van der Waals surface area (Å²) in [6.07, 6.45) is 4.25. The Labute approximate surface area is 189 Å². The number of hydrogen-bond acceptors (Lipinski definition) is 7. The molecule has 1 aliphatic carbocycles. The van der Waals surface area contributed by atoms with E-state index >= 15 is 0 Å². The van der Waals surface area contributed by atoms with Crippen molar-refractivity contribution in [1.82, 2.24) is 19.6 Å². The molecule has 0 spiro atoms. The molecule has 8 heteroatoms. The van der Waals surface area contributed by atoms with Crippen LogP contribution in [0.3, 0.4) is 0 Å². The van der Waals surface area contributed by atoms with Gasteiger partial charge in [0.2, 0.25) is 11.7 Å². The molecule has 0 saturated carbocycles. The fourth-order valence-corrected chi connectivity index (χ4v) is 4.87. The van der Waals surface area contributed by atoms with Crippen LogP contribution in [0.15, 0.2) is 64.7 Å². The van der Waals surface area contributed by atoms with Crippen molar-refractivity contribution in [3.63, 3.8) is 0 Å². The summed E-state index contributed by atoms with van der Waals surface area (Å²) in [6, 6.07) is 11.3. The number of methoxy groups -OCH3 is 1. The highest BCUT2D eigenvalue weighted by Gasteiger charge is 2.44. The second-order valence-electron chi connectivity index (χ2n) is 9.20. The highest BCUT2D eigenvalue weighted by Crippen LogP contribution is 2.51. The standard InChI is InChI=1S/C25H22N4O4/c1-25(2)11-15(30)20-18(12-25)33-24-21(19(20)14-7-4-5-8-16(14)31-3)23-27-22(17-9-6-10-32-17)28-29(23)13-26-24/h4-10,13,19H,11-12H2,1-3H3/t19-/m1/s1. The van der Waals surface area contributed by atoms with E-state index in [0.717, 1.165) is 5.56 Å². The normalized spacial score (nSPS) is 19.2. The number of ether oxygens (including phenoxy) is 2. The SMILES string of the molecule is COc1ccccc1[C@@H]1C2=C(CC(C)(C)CC2=O)Oc2ncn3nc(-c4ccco4)nc3c21. The van der Waals surface area contributed by atoms with Gasteiger partial charge in [0.25, 0.3) is 0 Å². The molecule has 1 aliphatic heterocycles. The lowest BCUT2D eigenvalue weighted by Crippen LogP contribution is -2.33. The molecule has 33 heavy (non-hydrogen) atoms. The number of aromatic nitrogens is 4. The molecule has 4 aromatic rings. The lowest BCUT2D eigenvalue weighted by molar-refractivity contribution is -0.118. The number of Topliss-reactive ketones (excluding diaryl/α,β-unsaturated/α-hetero) is 1. The maximum atomic E-state index is 13.5. The van der Waals surface area contributed by atoms with Crippen molar-refractivity contribution in [2.45, 2.75) is 32.6 Å². The van der Waals surface area contributed by atoms with Crippen molar-refractivity contribution < 1.29 is 18.7 Å². The summed E-state index contributed by atoms with van der Waals surface area (Å²) in [7, 11) is 1.63. The molecule has 1 atom stereocenters. The molecule has 0 unspecified atom stereocenters. The van der Waals surface area contributed by atoms with Crippen molar-refractivity contribution >= 4 is 11.4 Å². The number of ketones is 1. The molecular weight excluding hydrogens is 420 g/mol. The van der Waals surface area contributed by atoms with Crippen LogP contribution >= 0.6 is 0 Å². The second kappa shape index (κ2) is 7.03. The first-order chi connectivity index (χ1) is 15.9. The number of carbonyl (C=O) groups excluding carboxylic acids is 1. The number of rotatable bonds is 3. The van der Waals surface area contributed by atoms with Gasteiger partial charge in [-0.2, -0.15) is 0 Å². The summed E-state index contributed by atoms with van der Waals surface area (Å²) in [4.78, 5) is 22.8. The number of furan rings is 1. The lowest BCUT2D eigenvalue weighted by Gasteiger charge is -2.37. The van der Waals surface area contributed by atoms with E-state index in [4.69, 9.17) is 18.9 Å². The Morgan fingerprint density at radius 1 is 1.15 bits per heavy atom. The van der Waals surface area contributed by atoms with Crippen LogP contribution in [0.2, 0.25) is 0 Å². The fourth-order valence-electron chi connectivity index (χ4n) is 4.87. The molecule has 0 radical (unpaired) electrons. The number of carbonyl (C=O) groups is 1. The number of benzene rings is 1. The molecule has 6 rings (SSSR count). The van der Waals surface area contributed by atoms with Crippen LogP contribution in [0.5, 0.6) is 11.6 Å². The first kappa shape index (κ1) is 19.7. The number of para-hydroxylation sites is 1. The zero-order valence-corrected chi connectivity index (χ0v) is 18.5. The molecule has 0 saturated heterocycles. The van der Waals surface area contributed by atoms with E-state index in [-0.39, 0.29) is 11.2 Å². The van der Waals surface area contributed by atoms with Crippen LogP contribution < -0.4 is 9.47 Å². The maximum absolute atomic E-state index is 13.5.